The molecule has 0 amide bonds. The molecule has 1 rings (SSSR count). The van der Waals surface area contributed by atoms with Crippen LogP contribution in [0.3, 0.4) is 0 Å². The third-order valence-corrected chi connectivity index (χ3v) is 3.52. The topological polar surface area (TPSA) is 49.4 Å². The van der Waals surface area contributed by atoms with Crippen molar-refractivity contribution in [2.45, 2.75) is 39.5 Å². The van der Waals surface area contributed by atoms with Gasteiger partial charge in [-0.15, -0.1) is 0 Å². The first-order valence-corrected chi connectivity index (χ1v) is 5.78. The first kappa shape index (κ1) is 11.1. The van der Waals surface area contributed by atoms with Gasteiger partial charge in [0.15, 0.2) is 0 Å². The van der Waals surface area contributed by atoms with Gasteiger partial charge >= 0.3 is 0 Å². The molecule has 3 atom stereocenters. The van der Waals surface area contributed by atoms with E-state index in [1.54, 1.807) is 0 Å². The van der Waals surface area contributed by atoms with Gasteiger partial charge in [-0.3, -0.25) is 0 Å². The molecule has 1 fully saturated rings. The summed E-state index contributed by atoms with van der Waals surface area (Å²) >= 11 is -2.34. The van der Waals surface area contributed by atoms with Gasteiger partial charge in [-0.25, -0.2) is 4.21 Å². The summed E-state index contributed by atoms with van der Waals surface area (Å²) in [5.41, 5.74) is 0.415. The van der Waals surface area contributed by atoms with E-state index in [2.05, 4.69) is 18.0 Å². The highest BCUT2D eigenvalue weighted by Gasteiger charge is 2.33. The lowest BCUT2D eigenvalue weighted by molar-refractivity contribution is 0.227. The molecule has 0 saturated heterocycles. The fourth-order valence-corrected chi connectivity index (χ4v) is 2.37. The number of rotatable bonds is 4. The zero-order valence-electron chi connectivity index (χ0n) is 8.25. The maximum absolute atomic E-state index is 10.2. The van der Waals surface area contributed by atoms with Gasteiger partial charge in [-0.1, -0.05) is 20.3 Å². The molecular formula is C9H17O3S-. The lowest BCUT2D eigenvalue weighted by Crippen LogP contribution is -2.12. The predicted octanol–water partition coefficient (Wildman–Crippen LogP) is 2.01. The third kappa shape index (κ3) is 3.37. The maximum Gasteiger partial charge on any atom is 0.0842 e. The summed E-state index contributed by atoms with van der Waals surface area (Å²) in [6, 6.07) is 0. The fraction of sp³-hybridized carbons (Fsp3) is 1.00. The van der Waals surface area contributed by atoms with Crippen LogP contribution in [0.2, 0.25) is 0 Å². The molecule has 3 unspecified atom stereocenters. The third-order valence-electron chi connectivity index (χ3n) is 3.19. The first-order chi connectivity index (χ1) is 6.06. The second-order valence-corrected chi connectivity index (χ2v) is 4.91. The Bertz CT molecular complexity index is 195. The van der Waals surface area contributed by atoms with Crippen LogP contribution in [0.15, 0.2) is 0 Å². The van der Waals surface area contributed by atoms with Crippen molar-refractivity contribution in [3.63, 3.8) is 0 Å². The minimum absolute atomic E-state index is 0.367. The summed E-state index contributed by atoms with van der Waals surface area (Å²) in [5.74, 6) is 0.433. The standard InChI is InChI=1S/C9H18O3S/c1-3-9(2)5-4-8(6-9)7-12-13(10)11/h8H,3-7H2,1-2H3,(H,10,11)/p-1. The molecule has 4 heteroatoms. The van der Waals surface area contributed by atoms with E-state index < -0.39 is 11.4 Å². The van der Waals surface area contributed by atoms with Crippen molar-refractivity contribution in [1.29, 1.82) is 0 Å². The maximum atomic E-state index is 10.2. The van der Waals surface area contributed by atoms with E-state index in [1.165, 1.54) is 12.8 Å². The van der Waals surface area contributed by atoms with E-state index in [4.69, 9.17) is 0 Å². The van der Waals surface area contributed by atoms with Crippen molar-refractivity contribution in [3.8, 4) is 0 Å². The van der Waals surface area contributed by atoms with Crippen LogP contribution < -0.4 is 0 Å². The van der Waals surface area contributed by atoms with E-state index in [-0.39, 0.29) is 0 Å². The van der Waals surface area contributed by atoms with Crippen molar-refractivity contribution >= 4 is 11.4 Å². The SMILES string of the molecule is CCC1(C)CCC(COS(=O)[O-])C1. The molecule has 1 saturated carbocycles. The summed E-state index contributed by atoms with van der Waals surface area (Å²) in [7, 11) is 0. The Labute approximate surface area is 82.4 Å². The van der Waals surface area contributed by atoms with Gasteiger partial charge in [0.1, 0.15) is 0 Å². The van der Waals surface area contributed by atoms with E-state index in [0.29, 0.717) is 17.9 Å². The van der Waals surface area contributed by atoms with Crippen molar-refractivity contribution in [2.24, 2.45) is 11.3 Å². The van der Waals surface area contributed by atoms with Gasteiger partial charge in [0.25, 0.3) is 0 Å². The number of hydrogen-bond acceptors (Lipinski definition) is 3. The van der Waals surface area contributed by atoms with Gasteiger partial charge in [-0.05, 0) is 30.6 Å². The lowest BCUT2D eigenvalue weighted by Gasteiger charge is -2.21. The van der Waals surface area contributed by atoms with Crippen LogP contribution in [0, 0.1) is 11.3 Å². The largest absolute Gasteiger partial charge is 0.750 e. The van der Waals surface area contributed by atoms with E-state index >= 15 is 0 Å². The van der Waals surface area contributed by atoms with Crippen molar-refractivity contribution in [3.05, 3.63) is 0 Å². The Morgan fingerprint density at radius 2 is 2.38 bits per heavy atom. The van der Waals surface area contributed by atoms with Crippen molar-refractivity contribution in [1.82, 2.24) is 0 Å². The van der Waals surface area contributed by atoms with Crippen LogP contribution in [-0.4, -0.2) is 15.4 Å². The molecule has 0 aromatic rings. The van der Waals surface area contributed by atoms with E-state index in [0.717, 1.165) is 12.8 Å². The first-order valence-electron chi connectivity index (χ1n) is 4.78. The van der Waals surface area contributed by atoms with Crippen LogP contribution in [-0.2, 0) is 15.5 Å². The fourth-order valence-electron chi connectivity index (χ4n) is 2.07. The Balaban J connectivity index is 2.29. The molecule has 0 aromatic heterocycles. The summed E-state index contributed by atoms with van der Waals surface area (Å²) in [4.78, 5) is 0. The molecule has 3 nitrogen and oxygen atoms in total. The quantitative estimate of drug-likeness (QED) is 0.660. The van der Waals surface area contributed by atoms with Gasteiger partial charge in [-0.2, -0.15) is 0 Å². The van der Waals surface area contributed by atoms with Crippen LogP contribution in [0.1, 0.15) is 39.5 Å². The molecule has 78 valence electrons. The van der Waals surface area contributed by atoms with Gasteiger partial charge in [0.2, 0.25) is 0 Å². The van der Waals surface area contributed by atoms with Crippen LogP contribution in [0.4, 0.5) is 0 Å². The van der Waals surface area contributed by atoms with Crippen molar-refractivity contribution in [2.75, 3.05) is 6.61 Å². The Morgan fingerprint density at radius 3 is 2.85 bits per heavy atom. The summed E-state index contributed by atoms with van der Waals surface area (Å²) in [6.07, 6.45) is 4.56. The Kier molecular flexibility index (Phi) is 3.88. The molecule has 0 aromatic carbocycles. The Hall–Kier alpha value is 0.0700. The second kappa shape index (κ2) is 4.53. The molecule has 0 aliphatic heterocycles. The zero-order chi connectivity index (χ0) is 9.90. The van der Waals surface area contributed by atoms with Crippen molar-refractivity contribution < 1.29 is 12.9 Å². The predicted molar refractivity (Wildman–Crippen MR) is 50.6 cm³/mol. The molecule has 0 spiro atoms. The summed E-state index contributed by atoms with van der Waals surface area (Å²) in [5, 5.41) is 0. The smallest absolute Gasteiger partial charge is 0.0842 e. The summed E-state index contributed by atoms with van der Waals surface area (Å²) < 4.78 is 24.9. The highest BCUT2D eigenvalue weighted by molar-refractivity contribution is 7.74. The molecule has 1 aliphatic rings. The highest BCUT2D eigenvalue weighted by Crippen LogP contribution is 2.43. The normalized spacial score (nSPS) is 36.4. The average molecular weight is 205 g/mol. The minimum atomic E-state index is -2.34. The molecule has 0 bridgehead atoms. The summed E-state index contributed by atoms with van der Waals surface area (Å²) in [6.45, 7) is 4.82. The lowest BCUT2D eigenvalue weighted by atomic mass is 9.85. The monoisotopic (exact) mass is 205 g/mol. The van der Waals surface area contributed by atoms with Crippen LogP contribution in [0.5, 0.6) is 0 Å². The van der Waals surface area contributed by atoms with Gasteiger partial charge in [0.05, 0.1) is 18.0 Å². The molecule has 0 N–H and O–H groups in total. The molecule has 1 aliphatic carbocycles. The highest BCUT2D eigenvalue weighted by atomic mass is 32.2. The average Bonchev–Trinajstić information content (AvgIpc) is 2.45. The molecule has 13 heavy (non-hydrogen) atoms. The molecule has 0 radical (unpaired) electrons. The van der Waals surface area contributed by atoms with Gasteiger partial charge in [0, 0.05) is 0 Å². The second-order valence-electron chi connectivity index (χ2n) is 4.26. The Morgan fingerprint density at radius 1 is 1.69 bits per heavy atom. The zero-order valence-corrected chi connectivity index (χ0v) is 9.06. The van der Waals surface area contributed by atoms with Crippen LogP contribution >= 0.6 is 0 Å². The van der Waals surface area contributed by atoms with Crippen LogP contribution in [0.25, 0.3) is 0 Å². The minimum Gasteiger partial charge on any atom is -0.750 e. The van der Waals surface area contributed by atoms with E-state index in [9.17, 15) is 8.76 Å². The number of hydrogen-bond donors (Lipinski definition) is 0. The van der Waals surface area contributed by atoms with E-state index in [1.807, 2.05) is 0 Å². The molecule has 0 heterocycles. The molecular weight excluding hydrogens is 188 g/mol. The van der Waals surface area contributed by atoms with Gasteiger partial charge < -0.3 is 8.74 Å².